The Labute approximate surface area is 118 Å². The molecule has 0 bridgehead atoms. The first-order chi connectivity index (χ1) is 9.43. The van der Waals surface area contributed by atoms with Gasteiger partial charge in [-0.15, -0.1) is 0 Å². The zero-order valence-corrected chi connectivity index (χ0v) is 12.2. The number of amides is 2. The minimum Gasteiger partial charge on any atom is -0.468 e. The van der Waals surface area contributed by atoms with Gasteiger partial charge in [0.15, 0.2) is 0 Å². The summed E-state index contributed by atoms with van der Waals surface area (Å²) in [6, 6.07) is -1.05. The molecule has 6 nitrogen and oxygen atoms in total. The maximum atomic E-state index is 12.2. The van der Waals surface area contributed by atoms with Crippen LogP contribution in [0, 0.1) is 5.92 Å². The largest absolute Gasteiger partial charge is 0.468 e. The molecule has 1 aliphatic carbocycles. The molecule has 1 aliphatic heterocycles. The molecule has 0 radical (unpaired) electrons. The Hall–Kier alpha value is -1.43. The van der Waals surface area contributed by atoms with Gasteiger partial charge in [-0.05, 0) is 25.2 Å². The van der Waals surface area contributed by atoms with Crippen LogP contribution in [0.1, 0.15) is 39.5 Å². The van der Waals surface area contributed by atoms with Crippen LogP contribution in [0.4, 0.5) is 0 Å². The third-order valence-electron chi connectivity index (χ3n) is 3.69. The summed E-state index contributed by atoms with van der Waals surface area (Å²) >= 11 is 0. The van der Waals surface area contributed by atoms with E-state index in [4.69, 9.17) is 4.74 Å². The van der Waals surface area contributed by atoms with Crippen molar-refractivity contribution in [3.8, 4) is 0 Å². The Kier molecular flexibility index (Phi) is 4.42. The molecule has 6 heteroatoms. The van der Waals surface area contributed by atoms with Gasteiger partial charge in [-0.3, -0.25) is 24.6 Å². The molecule has 0 aromatic heterocycles. The van der Waals surface area contributed by atoms with E-state index in [1.54, 1.807) is 0 Å². The quantitative estimate of drug-likeness (QED) is 0.565. The fraction of sp³-hybridized carbons (Fsp3) is 0.786. The number of imide groups is 1. The van der Waals surface area contributed by atoms with Crippen LogP contribution in [0.15, 0.2) is 0 Å². The number of nitrogens with zero attached hydrogens (tertiary/aromatic N) is 1. The molecule has 112 valence electrons. The third kappa shape index (κ3) is 3.17. The summed E-state index contributed by atoms with van der Waals surface area (Å²) in [6.45, 7) is 3.99. The summed E-state index contributed by atoms with van der Waals surface area (Å²) in [4.78, 5) is 37.2. The number of methoxy groups -OCH3 is 1. The molecule has 2 unspecified atom stereocenters. The number of ether oxygens (including phenoxy) is 1. The summed E-state index contributed by atoms with van der Waals surface area (Å²) in [7, 11) is 1.33. The number of hydrogen-bond acceptors (Lipinski definition) is 5. The molecule has 2 rings (SSSR count). The minimum absolute atomic E-state index is 0.0866. The van der Waals surface area contributed by atoms with Crippen molar-refractivity contribution in [2.45, 2.75) is 57.7 Å². The fourth-order valence-electron chi connectivity index (χ4n) is 2.59. The molecule has 2 atom stereocenters. The van der Waals surface area contributed by atoms with E-state index in [1.165, 1.54) is 12.0 Å². The van der Waals surface area contributed by atoms with Gasteiger partial charge < -0.3 is 4.74 Å². The molecule has 20 heavy (non-hydrogen) atoms. The van der Waals surface area contributed by atoms with Crippen LogP contribution < -0.4 is 5.32 Å². The zero-order valence-electron chi connectivity index (χ0n) is 12.2. The Morgan fingerprint density at radius 2 is 2.05 bits per heavy atom. The second-order valence-corrected chi connectivity index (χ2v) is 5.96. The van der Waals surface area contributed by atoms with Crippen molar-refractivity contribution >= 4 is 17.8 Å². The Balaban J connectivity index is 2.01. The zero-order chi connectivity index (χ0) is 14.9. The molecule has 1 N–H and O–H groups in total. The lowest BCUT2D eigenvalue weighted by Gasteiger charge is -2.21. The maximum Gasteiger partial charge on any atom is 0.322 e. The van der Waals surface area contributed by atoms with Crippen molar-refractivity contribution in [2.75, 3.05) is 7.11 Å². The second-order valence-electron chi connectivity index (χ2n) is 5.96. The first-order valence-electron chi connectivity index (χ1n) is 7.13. The summed E-state index contributed by atoms with van der Waals surface area (Å²) in [6.07, 6.45) is 2.52. The molecular formula is C14H22N2O4. The molecule has 0 aromatic rings. The predicted octanol–water partition coefficient (Wildman–Crippen LogP) is 0.454. The van der Waals surface area contributed by atoms with Crippen LogP contribution in [0.5, 0.6) is 0 Å². The molecule has 0 aromatic carbocycles. The van der Waals surface area contributed by atoms with Crippen molar-refractivity contribution < 1.29 is 19.1 Å². The van der Waals surface area contributed by atoms with Crippen molar-refractivity contribution in [1.82, 2.24) is 10.2 Å². The smallest absolute Gasteiger partial charge is 0.322 e. The van der Waals surface area contributed by atoms with Crippen LogP contribution in [0.25, 0.3) is 0 Å². The monoisotopic (exact) mass is 282 g/mol. The lowest BCUT2D eigenvalue weighted by atomic mass is 10.0. The highest BCUT2D eigenvalue weighted by Gasteiger charge is 2.46. The van der Waals surface area contributed by atoms with Crippen LogP contribution in [0.2, 0.25) is 0 Å². The van der Waals surface area contributed by atoms with Gasteiger partial charge in [-0.2, -0.15) is 0 Å². The summed E-state index contributed by atoms with van der Waals surface area (Å²) in [5.41, 5.74) is 0. The SMILES string of the molecule is COC(=O)C(CC(C)C)NC1CC(=O)N(C2CC2)C1=O. The van der Waals surface area contributed by atoms with Gasteiger partial charge in [0, 0.05) is 6.04 Å². The fourth-order valence-corrected chi connectivity index (χ4v) is 2.59. The van der Waals surface area contributed by atoms with Gasteiger partial charge in [0.2, 0.25) is 11.8 Å². The van der Waals surface area contributed by atoms with Gasteiger partial charge in [0.1, 0.15) is 6.04 Å². The van der Waals surface area contributed by atoms with Crippen molar-refractivity contribution in [3.05, 3.63) is 0 Å². The molecular weight excluding hydrogens is 260 g/mol. The Bertz CT molecular complexity index is 417. The topological polar surface area (TPSA) is 75.7 Å². The Morgan fingerprint density at radius 1 is 1.40 bits per heavy atom. The number of nitrogens with one attached hydrogen (secondary N) is 1. The van der Waals surface area contributed by atoms with Crippen LogP contribution >= 0.6 is 0 Å². The van der Waals surface area contributed by atoms with Crippen molar-refractivity contribution in [3.63, 3.8) is 0 Å². The Morgan fingerprint density at radius 3 is 2.55 bits per heavy atom. The number of likely N-dealkylation sites (tertiary alicyclic amines) is 1. The average molecular weight is 282 g/mol. The van der Waals surface area contributed by atoms with E-state index in [0.717, 1.165) is 12.8 Å². The van der Waals surface area contributed by atoms with Gasteiger partial charge in [-0.25, -0.2) is 0 Å². The molecule has 1 heterocycles. The van der Waals surface area contributed by atoms with Crippen LogP contribution in [0.3, 0.4) is 0 Å². The average Bonchev–Trinajstić information content (AvgIpc) is 3.16. The second kappa shape index (κ2) is 5.91. The molecule has 1 saturated carbocycles. The van der Waals surface area contributed by atoms with Gasteiger partial charge in [0.05, 0.1) is 19.6 Å². The first kappa shape index (κ1) is 15.0. The van der Waals surface area contributed by atoms with Crippen LogP contribution in [-0.2, 0) is 19.1 Å². The number of carbonyl (C=O) groups is 3. The molecule has 2 amide bonds. The van der Waals surface area contributed by atoms with E-state index >= 15 is 0 Å². The van der Waals surface area contributed by atoms with Crippen molar-refractivity contribution in [1.29, 1.82) is 0 Å². The van der Waals surface area contributed by atoms with E-state index in [-0.39, 0.29) is 30.2 Å². The predicted molar refractivity (Wildman–Crippen MR) is 71.7 cm³/mol. The molecule has 2 fully saturated rings. The van der Waals surface area contributed by atoms with Gasteiger partial charge in [0.25, 0.3) is 0 Å². The molecule has 0 spiro atoms. The van der Waals surface area contributed by atoms with Gasteiger partial charge in [-0.1, -0.05) is 13.8 Å². The normalized spacial score (nSPS) is 24.4. The number of carbonyl (C=O) groups excluding carboxylic acids is 3. The number of esters is 1. The van der Waals surface area contributed by atoms with Crippen LogP contribution in [-0.4, -0.2) is 47.9 Å². The lowest BCUT2D eigenvalue weighted by Crippen LogP contribution is -2.48. The first-order valence-corrected chi connectivity index (χ1v) is 7.13. The van der Waals surface area contributed by atoms with E-state index in [0.29, 0.717) is 12.3 Å². The maximum absolute atomic E-state index is 12.2. The van der Waals surface area contributed by atoms with Gasteiger partial charge >= 0.3 is 5.97 Å². The van der Waals surface area contributed by atoms with E-state index in [1.807, 2.05) is 13.8 Å². The van der Waals surface area contributed by atoms with E-state index in [2.05, 4.69) is 5.32 Å². The van der Waals surface area contributed by atoms with E-state index < -0.39 is 12.1 Å². The van der Waals surface area contributed by atoms with E-state index in [9.17, 15) is 14.4 Å². The lowest BCUT2D eigenvalue weighted by molar-refractivity contribution is -0.144. The summed E-state index contributed by atoms with van der Waals surface area (Å²) in [5, 5.41) is 3.00. The minimum atomic E-state index is -0.592. The molecule has 1 saturated heterocycles. The third-order valence-corrected chi connectivity index (χ3v) is 3.69. The standard InChI is InChI=1S/C14H22N2O4/c1-8(2)6-11(14(19)20-3)15-10-7-12(17)16(13(10)18)9-4-5-9/h8-11,15H,4-7H2,1-3H3. The summed E-state index contributed by atoms with van der Waals surface area (Å²) in [5.74, 6) is -0.430. The number of rotatable bonds is 6. The molecule has 2 aliphatic rings. The highest BCUT2D eigenvalue weighted by Crippen LogP contribution is 2.31. The number of hydrogen-bond donors (Lipinski definition) is 1. The highest BCUT2D eigenvalue weighted by atomic mass is 16.5. The summed E-state index contributed by atoms with van der Waals surface area (Å²) < 4.78 is 4.76. The highest BCUT2D eigenvalue weighted by molar-refractivity contribution is 6.06. The van der Waals surface area contributed by atoms with Crippen molar-refractivity contribution in [2.24, 2.45) is 5.92 Å².